The summed E-state index contributed by atoms with van der Waals surface area (Å²) in [6, 6.07) is 0. The van der Waals surface area contributed by atoms with Gasteiger partial charge in [0, 0.05) is 0 Å². The molecule has 1 atom stereocenters. The number of aliphatic hydroxyl groups is 1. The van der Waals surface area contributed by atoms with Gasteiger partial charge < -0.3 is 5.11 Å². The molecule has 0 saturated carbocycles. The van der Waals surface area contributed by atoms with E-state index in [0.29, 0.717) is 0 Å². The maximum absolute atomic E-state index is 12.3. The Kier molecular flexibility index (Phi) is 1.45. The molecule has 0 aromatic rings. The van der Waals surface area contributed by atoms with Crippen molar-refractivity contribution in [3.05, 3.63) is 24.1 Å². The topological polar surface area (TPSA) is 37.3 Å². The lowest BCUT2D eigenvalue weighted by molar-refractivity contribution is -0.126. The van der Waals surface area contributed by atoms with Gasteiger partial charge in [-0.1, -0.05) is 0 Å². The summed E-state index contributed by atoms with van der Waals surface area (Å²) in [6.07, 6.45) is 2.94. The van der Waals surface area contributed by atoms with Gasteiger partial charge in [0.15, 0.2) is 5.78 Å². The van der Waals surface area contributed by atoms with Crippen molar-refractivity contribution >= 4 is 5.78 Å². The molecule has 0 aromatic heterocycles. The van der Waals surface area contributed by atoms with Gasteiger partial charge in [-0.25, -0.2) is 4.39 Å². The Hall–Kier alpha value is -0.960. The second kappa shape index (κ2) is 2.02. The van der Waals surface area contributed by atoms with Gasteiger partial charge in [-0.05, 0) is 25.2 Å². The number of hydrogen-bond acceptors (Lipinski definition) is 2. The molecule has 0 amide bonds. The maximum atomic E-state index is 12.3. The summed E-state index contributed by atoms with van der Waals surface area (Å²) in [7, 11) is 0. The zero-order valence-electron chi connectivity index (χ0n) is 5.47. The van der Waals surface area contributed by atoms with E-state index in [1.54, 1.807) is 0 Å². The van der Waals surface area contributed by atoms with E-state index in [0.717, 1.165) is 18.2 Å². The highest BCUT2D eigenvalue weighted by Crippen LogP contribution is 2.17. The van der Waals surface area contributed by atoms with Crippen LogP contribution in [-0.2, 0) is 4.79 Å². The summed E-state index contributed by atoms with van der Waals surface area (Å²) in [6.45, 7) is 1.25. The Morgan fingerprint density at radius 3 is 2.60 bits per heavy atom. The third-order valence-electron chi connectivity index (χ3n) is 1.31. The number of carbonyl (C=O) groups excluding carboxylic acids is 1. The highest BCUT2D eigenvalue weighted by atomic mass is 19.1. The first kappa shape index (κ1) is 7.15. The van der Waals surface area contributed by atoms with Crippen LogP contribution in [0.15, 0.2) is 24.1 Å². The summed E-state index contributed by atoms with van der Waals surface area (Å²) in [4.78, 5) is 10.7. The molecule has 0 fully saturated rings. The SMILES string of the molecule is CC1(O)C=C(F)C=CC1=O. The Bertz CT molecular complexity index is 226. The van der Waals surface area contributed by atoms with E-state index in [9.17, 15) is 9.18 Å². The first-order valence-electron chi connectivity index (χ1n) is 2.85. The Balaban J connectivity index is 2.99. The largest absolute Gasteiger partial charge is 0.378 e. The second-order valence-corrected chi connectivity index (χ2v) is 2.37. The molecule has 1 N–H and O–H groups in total. The molecule has 0 heterocycles. The normalized spacial score (nSPS) is 32.3. The number of ketones is 1. The Labute approximate surface area is 57.7 Å². The highest BCUT2D eigenvalue weighted by Gasteiger charge is 2.28. The quantitative estimate of drug-likeness (QED) is 0.541. The highest BCUT2D eigenvalue weighted by molar-refractivity contribution is 5.99. The molecule has 0 spiro atoms. The first-order chi connectivity index (χ1) is 4.52. The molecule has 0 saturated heterocycles. The number of rotatable bonds is 0. The lowest BCUT2D eigenvalue weighted by atomic mass is 9.96. The second-order valence-electron chi connectivity index (χ2n) is 2.37. The van der Waals surface area contributed by atoms with Crippen molar-refractivity contribution in [1.82, 2.24) is 0 Å². The van der Waals surface area contributed by atoms with E-state index in [2.05, 4.69) is 0 Å². The molecule has 1 aliphatic carbocycles. The molecular formula is C7H7FO2. The molecule has 0 radical (unpaired) electrons. The van der Waals surface area contributed by atoms with Crippen molar-refractivity contribution in [1.29, 1.82) is 0 Å². The summed E-state index contributed by atoms with van der Waals surface area (Å²) in [5.74, 6) is -1.07. The van der Waals surface area contributed by atoms with Crippen LogP contribution in [0.4, 0.5) is 4.39 Å². The van der Waals surface area contributed by atoms with Crippen LogP contribution in [0, 0.1) is 0 Å². The predicted octanol–water partition coefficient (Wildman–Crippen LogP) is 0.730. The fraction of sp³-hybridized carbons (Fsp3) is 0.286. The average molecular weight is 142 g/mol. The first-order valence-corrected chi connectivity index (χ1v) is 2.85. The van der Waals surface area contributed by atoms with E-state index < -0.39 is 17.2 Å². The minimum atomic E-state index is -1.65. The van der Waals surface area contributed by atoms with Crippen LogP contribution in [0.3, 0.4) is 0 Å². The number of hydrogen-bond donors (Lipinski definition) is 1. The third kappa shape index (κ3) is 1.14. The van der Waals surface area contributed by atoms with Crippen molar-refractivity contribution in [2.24, 2.45) is 0 Å². The van der Waals surface area contributed by atoms with Crippen LogP contribution >= 0.6 is 0 Å². The number of allylic oxidation sites excluding steroid dienone is 2. The van der Waals surface area contributed by atoms with E-state index in [1.165, 1.54) is 6.92 Å². The summed E-state index contributed by atoms with van der Waals surface area (Å²) >= 11 is 0. The van der Waals surface area contributed by atoms with Gasteiger partial charge in [-0.2, -0.15) is 0 Å². The molecule has 10 heavy (non-hydrogen) atoms. The van der Waals surface area contributed by atoms with Gasteiger partial charge in [-0.15, -0.1) is 0 Å². The molecule has 0 aliphatic heterocycles. The van der Waals surface area contributed by atoms with Crippen LogP contribution in [0.5, 0.6) is 0 Å². The third-order valence-corrected chi connectivity index (χ3v) is 1.31. The van der Waals surface area contributed by atoms with Gasteiger partial charge >= 0.3 is 0 Å². The molecular weight excluding hydrogens is 135 g/mol. The smallest absolute Gasteiger partial charge is 0.191 e. The fourth-order valence-electron chi connectivity index (χ4n) is 0.712. The minimum Gasteiger partial charge on any atom is -0.378 e. The van der Waals surface area contributed by atoms with Crippen LogP contribution in [-0.4, -0.2) is 16.5 Å². The van der Waals surface area contributed by atoms with E-state index in [-0.39, 0.29) is 0 Å². The minimum absolute atomic E-state index is 0.492. The van der Waals surface area contributed by atoms with Crippen LogP contribution in [0.1, 0.15) is 6.92 Å². The summed E-state index contributed by atoms with van der Waals surface area (Å²) < 4.78 is 12.3. The number of carbonyl (C=O) groups is 1. The van der Waals surface area contributed by atoms with Crippen molar-refractivity contribution < 1.29 is 14.3 Å². The van der Waals surface area contributed by atoms with Gasteiger partial charge in [0.1, 0.15) is 11.4 Å². The summed E-state index contributed by atoms with van der Waals surface area (Å²) in [5, 5.41) is 9.10. The van der Waals surface area contributed by atoms with Crippen molar-refractivity contribution in [3.8, 4) is 0 Å². The molecule has 2 nitrogen and oxygen atoms in total. The lowest BCUT2D eigenvalue weighted by Gasteiger charge is -2.17. The Morgan fingerprint density at radius 2 is 2.20 bits per heavy atom. The van der Waals surface area contributed by atoms with Crippen LogP contribution in [0.2, 0.25) is 0 Å². The zero-order chi connectivity index (χ0) is 7.78. The van der Waals surface area contributed by atoms with Gasteiger partial charge in [0.25, 0.3) is 0 Å². The van der Waals surface area contributed by atoms with Crippen LogP contribution in [0.25, 0.3) is 0 Å². The van der Waals surface area contributed by atoms with Crippen LogP contribution < -0.4 is 0 Å². The van der Waals surface area contributed by atoms with Gasteiger partial charge in [-0.3, -0.25) is 4.79 Å². The van der Waals surface area contributed by atoms with E-state index in [1.807, 2.05) is 0 Å². The fourth-order valence-corrected chi connectivity index (χ4v) is 0.712. The van der Waals surface area contributed by atoms with E-state index in [4.69, 9.17) is 5.11 Å². The van der Waals surface area contributed by atoms with E-state index >= 15 is 0 Å². The lowest BCUT2D eigenvalue weighted by Crippen LogP contribution is -2.32. The molecule has 0 bridgehead atoms. The average Bonchev–Trinajstić information content (AvgIpc) is 1.78. The zero-order valence-corrected chi connectivity index (χ0v) is 5.47. The Morgan fingerprint density at radius 1 is 1.60 bits per heavy atom. The summed E-state index contributed by atoms with van der Waals surface area (Å²) in [5.41, 5.74) is -1.65. The van der Waals surface area contributed by atoms with Gasteiger partial charge in [0.05, 0.1) is 0 Å². The monoisotopic (exact) mass is 142 g/mol. The maximum Gasteiger partial charge on any atom is 0.191 e. The van der Waals surface area contributed by atoms with Crippen molar-refractivity contribution in [3.63, 3.8) is 0 Å². The molecule has 54 valence electrons. The predicted molar refractivity (Wildman–Crippen MR) is 34.0 cm³/mol. The van der Waals surface area contributed by atoms with Crippen molar-refractivity contribution in [2.45, 2.75) is 12.5 Å². The standard InChI is InChI=1S/C7H7FO2/c1-7(10)4-5(8)2-3-6(7)9/h2-4,10H,1H3. The van der Waals surface area contributed by atoms with Crippen molar-refractivity contribution in [2.75, 3.05) is 0 Å². The number of halogens is 1. The molecule has 0 aromatic carbocycles. The molecule has 3 heteroatoms. The molecule has 1 aliphatic rings. The molecule has 1 rings (SSSR count). The molecule has 1 unspecified atom stereocenters. The van der Waals surface area contributed by atoms with Gasteiger partial charge in [0.2, 0.25) is 0 Å².